The molecule has 1 aliphatic heterocycles. The number of nitrogens with zero attached hydrogens (tertiary/aromatic N) is 2. The highest BCUT2D eigenvalue weighted by molar-refractivity contribution is 6.33. The van der Waals surface area contributed by atoms with Crippen LogP contribution in [0.15, 0.2) is 17.1 Å². The maximum absolute atomic E-state index is 5.81. The van der Waals surface area contributed by atoms with E-state index in [1.165, 1.54) is 0 Å². The highest BCUT2D eigenvalue weighted by atomic mass is 35.5. The fourth-order valence-corrected chi connectivity index (χ4v) is 1.92. The van der Waals surface area contributed by atoms with Crippen molar-refractivity contribution in [1.29, 1.82) is 0 Å². The fourth-order valence-electron chi connectivity index (χ4n) is 1.46. The number of aliphatic imine (C=N–C) groups is 1. The summed E-state index contributed by atoms with van der Waals surface area (Å²) in [4.78, 5) is 8.36. The van der Waals surface area contributed by atoms with Crippen LogP contribution < -0.4 is 0 Å². The molecule has 1 atom stereocenters. The van der Waals surface area contributed by atoms with Crippen molar-refractivity contribution in [2.45, 2.75) is 13.0 Å². The predicted molar refractivity (Wildman–Crippen MR) is 68.3 cm³/mol. The minimum Gasteiger partial charge on any atom is -0.373 e. The van der Waals surface area contributed by atoms with Crippen molar-refractivity contribution < 1.29 is 4.74 Å². The van der Waals surface area contributed by atoms with E-state index < -0.39 is 0 Å². The smallest absolute Gasteiger partial charge is 0.131 e. The molecule has 0 radical (unpaired) electrons. The van der Waals surface area contributed by atoms with Crippen LogP contribution in [0.25, 0.3) is 0 Å². The Labute approximate surface area is 110 Å². The van der Waals surface area contributed by atoms with Gasteiger partial charge < -0.3 is 4.74 Å². The molecule has 0 fully saturated rings. The molecule has 3 nitrogen and oxygen atoms in total. The zero-order valence-electron chi connectivity index (χ0n) is 8.61. The molecule has 1 aromatic rings. The molecule has 2 heterocycles. The van der Waals surface area contributed by atoms with Crippen LogP contribution in [-0.4, -0.2) is 30.0 Å². The standard InChI is InChI=1S/C10H10Cl2N2O.ClH/c1-6-4-15-5-8(13-6)7-2-9(11)14-10(12)3-7;/h2-3,6H,4-5H2,1H3;1H/t6-;/m1./s1. The molecule has 0 unspecified atom stereocenters. The summed E-state index contributed by atoms with van der Waals surface area (Å²) in [5, 5.41) is 0.747. The van der Waals surface area contributed by atoms with E-state index in [-0.39, 0.29) is 18.4 Å². The van der Waals surface area contributed by atoms with Crippen molar-refractivity contribution in [2.75, 3.05) is 13.2 Å². The molecule has 2 rings (SSSR count). The fraction of sp³-hybridized carbons (Fsp3) is 0.400. The summed E-state index contributed by atoms with van der Waals surface area (Å²) >= 11 is 11.6. The first-order valence-corrected chi connectivity index (χ1v) is 5.38. The molecule has 0 spiro atoms. The van der Waals surface area contributed by atoms with Crippen LogP contribution >= 0.6 is 35.6 Å². The molecule has 0 aromatic carbocycles. The van der Waals surface area contributed by atoms with Crippen LogP contribution in [0.5, 0.6) is 0 Å². The summed E-state index contributed by atoms with van der Waals surface area (Å²) in [6.45, 7) is 3.17. The van der Waals surface area contributed by atoms with Gasteiger partial charge in [0, 0.05) is 5.56 Å². The molecule has 16 heavy (non-hydrogen) atoms. The average molecular weight is 282 g/mol. The van der Waals surface area contributed by atoms with Gasteiger partial charge in [0.2, 0.25) is 0 Å². The number of rotatable bonds is 1. The summed E-state index contributed by atoms with van der Waals surface area (Å²) in [5.74, 6) is 0. The van der Waals surface area contributed by atoms with Gasteiger partial charge in [0.25, 0.3) is 0 Å². The highest BCUT2D eigenvalue weighted by Gasteiger charge is 2.14. The lowest BCUT2D eigenvalue weighted by atomic mass is 10.1. The van der Waals surface area contributed by atoms with E-state index >= 15 is 0 Å². The maximum Gasteiger partial charge on any atom is 0.131 e. The number of ether oxygens (including phenoxy) is 1. The quantitative estimate of drug-likeness (QED) is 0.742. The third-order valence-electron chi connectivity index (χ3n) is 2.07. The summed E-state index contributed by atoms with van der Waals surface area (Å²) in [6, 6.07) is 3.67. The molecule has 0 saturated heterocycles. The minimum atomic E-state index is 0. The van der Waals surface area contributed by atoms with Gasteiger partial charge in [-0.05, 0) is 19.1 Å². The lowest BCUT2D eigenvalue weighted by Crippen LogP contribution is -2.24. The molecule has 0 N–H and O–H groups in total. The van der Waals surface area contributed by atoms with E-state index in [1.54, 1.807) is 12.1 Å². The van der Waals surface area contributed by atoms with Crippen molar-refractivity contribution in [3.05, 3.63) is 28.0 Å². The SMILES string of the molecule is C[C@@H]1COCC(c2cc(Cl)nc(Cl)c2)=N1.Cl. The van der Waals surface area contributed by atoms with E-state index in [9.17, 15) is 0 Å². The maximum atomic E-state index is 5.81. The lowest BCUT2D eigenvalue weighted by Gasteiger charge is -2.18. The van der Waals surface area contributed by atoms with Crippen LogP contribution in [0.4, 0.5) is 0 Å². The number of aromatic nitrogens is 1. The van der Waals surface area contributed by atoms with Gasteiger partial charge in [-0.3, -0.25) is 4.99 Å². The molecular weight excluding hydrogens is 270 g/mol. The van der Waals surface area contributed by atoms with Crippen molar-refractivity contribution in [3.63, 3.8) is 0 Å². The van der Waals surface area contributed by atoms with Gasteiger partial charge >= 0.3 is 0 Å². The number of pyridine rings is 1. The second kappa shape index (κ2) is 5.82. The molecule has 0 amide bonds. The molecule has 88 valence electrons. The zero-order chi connectivity index (χ0) is 10.8. The highest BCUT2D eigenvalue weighted by Crippen LogP contribution is 2.17. The van der Waals surface area contributed by atoms with Crippen molar-refractivity contribution in [2.24, 2.45) is 4.99 Å². The van der Waals surface area contributed by atoms with E-state index in [0.29, 0.717) is 23.5 Å². The Bertz CT molecular complexity index is 389. The van der Waals surface area contributed by atoms with Gasteiger partial charge in [-0.15, -0.1) is 12.4 Å². The van der Waals surface area contributed by atoms with E-state index in [0.717, 1.165) is 11.3 Å². The molecular formula is C10H11Cl3N2O. The van der Waals surface area contributed by atoms with Crippen molar-refractivity contribution in [3.8, 4) is 0 Å². The van der Waals surface area contributed by atoms with Gasteiger partial charge in [-0.1, -0.05) is 23.2 Å². The molecule has 0 bridgehead atoms. The summed E-state index contributed by atoms with van der Waals surface area (Å²) in [6.07, 6.45) is 0. The summed E-state index contributed by atoms with van der Waals surface area (Å²) < 4.78 is 5.39. The predicted octanol–water partition coefficient (Wildman–Crippen LogP) is 3.02. The van der Waals surface area contributed by atoms with Crippen LogP contribution in [0.1, 0.15) is 12.5 Å². The third kappa shape index (κ3) is 3.32. The lowest BCUT2D eigenvalue weighted by molar-refractivity contribution is 0.149. The van der Waals surface area contributed by atoms with Gasteiger partial charge in [0.15, 0.2) is 0 Å². The van der Waals surface area contributed by atoms with Gasteiger partial charge in [0.05, 0.1) is 25.0 Å². The largest absolute Gasteiger partial charge is 0.373 e. The Balaban J connectivity index is 0.00000128. The molecule has 1 aromatic heterocycles. The Kier molecular flexibility index (Phi) is 4.99. The first-order chi connectivity index (χ1) is 7.15. The van der Waals surface area contributed by atoms with Crippen LogP contribution in [-0.2, 0) is 4.74 Å². The Morgan fingerprint density at radius 1 is 1.31 bits per heavy atom. The first-order valence-electron chi connectivity index (χ1n) is 4.63. The summed E-state index contributed by atoms with van der Waals surface area (Å²) in [5.41, 5.74) is 1.76. The average Bonchev–Trinajstić information content (AvgIpc) is 2.16. The Morgan fingerprint density at radius 3 is 2.50 bits per heavy atom. The second-order valence-corrected chi connectivity index (χ2v) is 4.22. The number of hydrogen-bond acceptors (Lipinski definition) is 3. The van der Waals surface area contributed by atoms with Crippen LogP contribution in [0.2, 0.25) is 10.3 Å². The minimum absolute atomic E-state index is 0. The number of hydrogen-bond donors (Lipinski definition) is 0. The topological polar surface area (TPSA) is 34.5 Å². The van der Waals surface area contributed by atoms with Gasteiger partial charge in [-0.25, -0.2) is 4.98 Å². The van der Waals surface area contributed by atoms with Crippen LogP contribution in [0.3, 0.4) is 0 Å². The Hall–Kier alpha value is -0.350. The molecule has 1 aliphatic rings. The van der Waals surface area contributed by atoms with Crippen molar-refractivity contribution in [1.82, 2.24) is 4.98 Å². The molecule has 6 heteroatoms. The van der Waals surface area contributed by atoms with E-state index in [4.69, 9.17) is 27.9 Å². The monoisotopic (exact) mass is 280 g/mol. The van der Waals surface area contributed by atoms with Gasteiger partial charge in [0.1, 0.15) is 10.3 Å². The number of halogens is 3. The van der Waals surface area contributed by atoms with E-state index in [2.05, 4.69) is 9.98 Å². The third-order valence-corrected chi connectivity index (χ3v) is 2.46. The van der Waals surface area contributed by atoms with Crippen molar-refractivity contribution >= 4 is 41.3 Å². The van der Waals surface area contributed by atoms with E-state index in [1.807, 2.05) is 6.92 Å². The Morgan fingerprint density at radius 2 is 1.94 bits per heavy atom. The second-order valence-electron chi connectivity index (χ2n) is 3.44. The molecule has 0 aliphatic carbocycles. The first kappa shape index (κ1) is 13.7. The zero-order valence-corrected chi connectivity index (χ0v) is 10.9. The summed E-state index contributed by atoms with van der Waals surface area (Å²) in [7, 11) is 0. The van der Waals surface area contributed by atoms with Gasteiger partial charge in [-0.2, -0.15) is 0 Å². The normalized spacial score (nSPS) is 19.9. The van der Waals surface area contributed by atoms with Crippen LogP contribution in [0, 0.1) is 0 Å². The molecule has 0 saturated carbocycles.